The van der Waals surface area contributed by atoms with Crippen LogP contribution in [0.2, 0.25) is 0 Å². The number of anilines is 1. The number of hydrogen-bond donors (Lipinski definition) is 1. The SMILES string of the molecule is O=[N+]([O-])c1ccccc1N1CCO[C@H](c2cccc(O)c2)C1. The highest BCUT2D eigenvalue weighted by molar-refractivity contribution is 5.63. The molecule has 1 fully saturated rings. The zero-order valence-electron chi connectivity index (χ0n) is 11.9. The van der Waals surface area contributed by atoms with E-state index in [2.05, 4.69) is 0 Å². The molecule has 1 aliphatic heterocycles. The molecule has 0 saturated carbocycles. The second-order valence-corrected chi connectivity index (χ2v) is 5.15. The molecule has 0 spiro atoms. The van der Waals surface area contributed by atoms with Gasteiger partial charge in [0, 0.05) is 19.2 Å². The van der Waals surface area contributed by atoms with Crippen LogP contribution in [0.5, 0.6) is 5.75 Å². The fourth-order valence-corrected chi connectivity index (χ4v) is 2.68. The summed E-state index contributed by atoms with van der Waals surface area (Å²) in [6.45, 7) is 1.58. The molecule has 0 bridgehead atoms. The van der Waals surface area contributed by atoms with Gasteiger partial charge in [-0.05, 0) is 23.8 Å². The molecule has 1 heterocycles. The minimum atomic E-state index is -0.367. The van der Waals surface area contributed by atoms with Crippen molar-refractivity contribution in [2.75, 3.05) is 24.6 Å². The first-order valence-electron chi connectivity index (χ1n) is 7.04. The third-order valence-corrected chi connectivity index (χ3v) is 3.73. The number of phenols is 1. The average Bonchev–Trinajstić information content (AvgIpc) is 2.55. The summed E-state index contributed by atoms with van der Waals surface area (Å²) in [5, 5.41) is 20.8. The number of nitro benzene ring substituents is 1. The molecule has 0 aromatic heterocycles. The molecule has 6 nitrogen and oxygen atoms in total. The number of para-hydroxylation sites is 2. The highest BCUT2D eigenvalue weighted by atomic mass is 16.6. The van der Waals surface area contributed by atoms with E-state index < -0.39 is 0 Å². The number of benzene rings is 2. The van der Waals surface area contributed by atoms with E-state index in [1.54, 1.807) is 36.4 Å². The molecule has 0 amide bonds. The van der Waals surface area contributed by atoms with Crippen molar-refractivity contribution in [3.63, 3.8) is 0 Å². The summed E-state index contributed by atoms with van der Waals surface area (Å²) in [5.41, 5.74) is 1.56. The van der Waals surface area contributed by atoms with Crippen LogP contribution in [-0.4, -0.2) is 29.7 Å². The van der Waals surface area contributed by atoms with Gasteiger partial charge in [-0.1, -0.05) is 24.3 Å². The molecule has 0 aliphatic carbocycles. The summed E-state index contributed by atoms with van der Waals surface area (Å²) in [7, 11) is 0. The Balaban J connectivity index is 1.86. The van der Waals surface area contributed by atoms with Crippen LogP contribution in [0.1, 0.15) is 11.7 Å². The van der Waals surface area contributed by atoms with Gasteiger partial charge in [0.1, 0.15) is 17.5 Å². The number of nitro groups is 1. The van der Waals surface area contributed by atoms with Crippen LogP contribution in [0.4, 0.5) is 11.4 Å². The lowest BCUT2D eigenvalue weighted by molar-refractivity contribution is -0.384. The highest BCUT2D eigenvalue weighted by Gasteiger charge is 2.26. The quantitative estimate of drug-likeness (QED) is 0.696. The first-order chi connectivity index (χ1) is 10.6. The van der Waals surface area contributed by atoms with Crippen molar-refractivity contribution in [3.8, 4) is 5.75 Å². The summed E-state index contributed by atoms with van der Waals surface area (Å²) in [5.74, 6) is 0.184. The van der Waals surface area contributed by atoms with Crippen LogP contribution >= 0.6 is 0 Å². The minimum Gasteiger partial charge on any atom is -0.508 e. The third-order valence-electron chi connectivity index (χ3n) is 3.73. The number of ether oxygens (including phenoxy) is 1. The molecular weight excluding hydrogens is 284 g/mol. The molecule has 0 unspecified atom stereocenters. The standard InChI is InChI=1S/C16H16N2O4/c19-13-5-3-4-12(10-13)16-11-17(8-9-22-16)14-6-1-2-7-15(14)18(20)21/h1-7,10,16,19H,8-9,11H2/t16-/m0/s1. The molecule has 6 heteroatoms. The van der Waals surface area contributed by atoms with Crippen molar-refractivity contribution in [1.29, 1.82) is 0 Å². The Morgan fingerprint density at radius 3 is 2.82 bits per heavy atom. The van der Waals surface area contributed by atoms with Crippen molar-refractivity contribution in [1.82, 2.24) is 0 Å². The minimum absolute atomic E-state index is 0.0964. The average molecular weight is 300 g/mol. The number of hydrogen-bond acceptors (Lipinski definition) is 5. The second kappa shape index (κ2) is 6.03. The Morgan fingerprint density at radius 2 is 2.05 bits per heavy atom. The molecule has 22 heavy (non-hydrogen) atoms. The molecule has 1 N–H and O–H groups in total. The van der Waals surface area contributed by atoms with E-state index in [-0.39, 0.29) is 22.5 Å². The van der Waals surface area contributed by atoms with Gasteiger partial charge in [-0.3, -0.25) is 10.1 Å². The molecular formula is C16H16N2O4. The van der Waals surface area contributed by atoms with Crippen LogP contribution < -0.4 is 4.90 Å². The predicted molar refractivity (Wildman–Crippen MR) is 82.1 cm³/mol. The first kappa shape index (κ1) is 14.3. The maximum absolute atomic E-state index is 11.2. The summed E-state index contributed by atoms with van der Waals surface area (Å²) < 4.78 is 5.75. The number of morpholine rings is 1. The molecule has 2 aromatic carbocycles. The summed E-state index contributed by atoms with van der Waals surface area (Å²) >= 11 is 0. The van der Waals surface area contributed by atoms with Crippen molar-refractivity contribution < 1.29 is 14.8 Å². The summed E-state index contributed by atoms with van der Waals surface area (Å²) in [6, 6.07) is 13.6. The lowest BCUT2D eigenvalue weighted by Gasteiger charge is -2.34. The fraction of sp³-hybridized carbons (Fsp3) is 0.250. The molecule has 2 aromatic rings. The van der Waals surface area contributed by atoms with E-state index in [9.17, 15) is 15.2 Å². The third kappa shape index (κ3) is 2.87. The zero-order chi connectivity index (χ0) is 15.5. The van der Waals surface area contributed by atoms with E-state index in [4.69, 9.17) is 4.74 Å². The van der Waals surface area contributed by atoms with Gasteiger partial charge in [-0.2, -0.15) is 0 Å². The Kier molecular flexibility index (Phi) is 3.93. The Bertz CT molecular complexity index is 689. The number of nitrogens with zero attached hydrogens (tertiary/aromatic N) is 2. The van der Waals surface area contributed by atoms with Gasteiger partial charge in [0.15, 0.2) is 0 Å². The molecule has 3 rings (SSSR count). The van der Waals surface area contributed by atoms with Crippen LogP contribution in [0.25, 0.3) is 0 Å². The van der Waals surface area contributed by atoms with E-state index in [1.165, 1.54) is 6.07 Å². The molecule has 1 atom stereocenters. The van der Waals surface area contributed by atoms with Crippen LogP contribution in [0, 0.1) is 10.1 Å². The predicted octanol–water partition coefficient (Wildman–Crippen LogP) is 2.88. The molecule has 0 radical (unpaired) electrons. The van der Waals surface area contributed by atoms with Crippen molar-refractivity contribution >= 4 is 11.4 Å². The van der Waals surface area contributed by atoms with E-state index in [0.29, 0.717) is 25.4 Å². The largest absolute Gasteiger partial charge is 0.508 e. The lowest BCUT2D eigenvalue weighted by atomic mass is 10.1. The van der Waals surface area contributed by atoms with Crippen molar-refractivity contribution in [2.45, 2.75) is 6.10 Å². The van der Waals surface area contributed by atoms with E-state index >= 15 is 0 Å². The van der Waals surface area contributed by atoms with Gasteiger partial charge >= 0.3 is 0 Å². The fourth-order valence-electron chi connectivity index (χ4n) is 2.68. The van der Waals surface area contributed by atoms with Gasteiger partial charge in [0.2, 0.25) is 0 Å². The Morgan fingerprint density at radius 1 is 1.23 bits per heavy atom. The number of aromatic hydroxyl groups is 1. The topological polar surface area (TPSA) is 75.8 Å². The first-order valence-corrected chi connectivity index (χ1v) is 7.04. The highest BCUT2D eigenvalue weighted by Crippen LogP contribution is 2.32. The summed E-state index contributed by atoms with van der Waals surface area (Å²) in [6.07, 6.45) is -0.222. The van der Waals surface area contributed by atoms with E-state index in [1.807, 2.05) is 11.0 Å². The van der Waals surface area contributed by atoms with Gasteiger partial charge in [-0.15, -0.1) is 0 Å². The maximum Gasteiger partial charge on any atom is 0.292 e. The number of phenolic OH excluding ortho intramolecular Hbond substituents is 1. The number of rotatable bonds is 3. The summed E-state index contributed by atoms with van der Waals surface area (Å²) in [4.78, 5) is 12.8. The van der Waals surface area contributed by atoms with Crippen LogP contribution in [0.3, 0.4) is 0 Å². The zero-order valence-corrected chi connectivity index (χ0v) is 11.9. The lowest BCUT2D eigenvalue weighted by Crippen LogP contribution is -2.38. The van der Waals surface area contributed by atoms with Gasteiger partial charge in [-0.25, -0.2) is 0 Å². The molecule has 1 saturated heterocycles. The Labute approximate surface area is 127 Å². The van der Waals surface area contributed by atoms with Crippen LogP contribution in [-0.2, 0) is 4.74 Å². The van der Waals surface area contributed by atoms with Crippen molar-refractivity contribution in [3.05, 3.63) is 64.2 Å². The second-order valence-electron chi connectivity index (χ2n) is 5.15. The smallest absolute Gasteiger partial charge is 0.292 e. The normalized spacial score (nSPS) is 18.2. The van der Waals surface area contributed by atoms with E-state index in [0.717, 1.165) is 5.56 Å². The Hall–Kier alpha value is -2.60. The molecule has 114 valence electrons. The van der Waals surface area contributed by atoms with Gasteiger partial charge in [0.25, 0.3) is 5.69 Å². The molecule has 1 aliphatic rings. The maximum atomic E-state index is 11.2. The van der Waals surface area contributed by atoms with Crippen molar-refractivity contribution in [2.24, 2.45) is 0 Å². The van der Waals surface area contributed by atoms with Crippen LogP contribution in [0.15, 0.2) is 48.5 Å². The van der Waals surface area contributed by atoms with Gasteiger partial charge < -0.3 is 14.7 Å². The van der Waals surface area contributed by atoms with Gasteiger partial charge in [0.05, 0.1) is 11.5 Å². The monoisotopic (exact) mass is 300 g/mol.